The zero-order chi connectivity index (χ0) is 29.7. The molecule has 3 nitrogen and oxygen atoms in total. The van der Waals surface area contributed by atoms with Gasteiger partial charge in [-0.15, -0.1) is 0 Å². The van der Waals surface area contributed by atoms with Gasteiger partial charge < -0.3 is 9.53 Å². The summed E-state index contributed by atoms with van der Waals surface area (Å²) in [5, 5.41) is 12.5. The number of fused-ring (bicyclic) bond motifs is 1. The fourth-order valence-corrected chi connectivity index (χ4v) is 8.45. The normalized spacial score (nSPS) is 22.2. The highest BCUT2D eigenvalue weighted by atomic mass is 28.4. The van der Waals surface area contributed by atoms with Crippen molar-refractivity contribution in [3.63, 3.8) is 0 Å². The second-order valence-corrected chi connectivity index (χ2v) is 20.6. The Kier molecular flexibility index (Phi) is 8.53. The largest absolute Gasteiger partial charge is 0.410 e. The quantitative estimate of drug-likeness (QED) is 0.335. The van der Waals surface area contributed by atoms with Gasteiger partial charge in [0.05, 0.1) is 11.8 Å². The summed E-state index contributed by atoms with van der Waals surface area (Å²) in [6.07, 6.45) is 12.0. The molecule has 41 heavy (non-hydrogen) atoms. The number of aliphatic hydroxyl groups excluding tert-OH is 1. The van der Waals surface area contributed by atoms with Crippen LogP contribution in [0.25, 0.3) is 5.57 Å². The highest BCUT2D eigenvalue weighted by molar-refractivity contribution is 6.74. The number of hydrogen-bond acceptors (Lipinski definition) is 3. The Balaban J connectivity index is 1.76. The molecule has 1 heterocycles. The van der Waals surface area contributed by atoms with E-state index in [1.165, 1.54) is 65.8 Å². The van der Waals surface area contributed by atoms with Gasteiger partial charge in [0, 0.05) is 22.7 Å². The standard InChI is InChI=1S/C37H55NO2Si/c1-24(2)25-18-20-28(21-19-25)35(39)33-31(26-14-10-11-15-26)32-29(38-34(33)27-16-12-13-17-27)22-37(6,7)23-30(32)40-41(8,9)36(3,4)5/h14,18-21,24,27,30,35,39H,10-13,15-17,22-23H2,1-9H3/t30-,35?/m0/s1. The summed E-state index contributed by atoms with van der Waals surface area (Å²) in [5.74, 6) is 0.891. The van der Waals surface area contributed by atoms with Crippen LogP contribution in [0, 0.1) is 5.41 Å². The minimum absolute atomic E-state index is 0.00513. The number of pyridine rings is 1. The van der Waals surface area contributed by atoms with Crippen LogP contribution in [0.4, 0.5) is 0 Å². The van der Waals surface area contributed by atoms with Crippen molar-refractivity contribution in [1.29, 1.82) is 0 Å². The average molecular weight is 574 g/mol. The van der Waals surface area contributed by atoms with Gasteiger partial charge in [-0.2, -0.15) is 0 Å². The van der Waals surface area contributed by atoms with E-state index in [1.807, 2.05) is 0 Å². The maximum absolute atomic E-state index is 12.4. The van der Waals surface area contributed by atoms with Crippen LogP contribution in [0.3, 0.4) is 0 Å². The molecule has 0 saturated heterocycles. The molecular weight excluding hydrogens is 518 g/mol. The van der Waals surface area contributed by atoms with Crippen LogP contribution < -0.4 is 0 Å². The lowest BCUT2D eigenvalue weighted by molar-refractivity contribution is 0.105. The van der Waals surface area contributed by atoms with Crippen LogP contribution in [0.5, 0.6) is 0 Å². The summed E-state index contributed by atoms with van der Waals surface area (Å²) in [4.78, 5) is 5.61. The highest BCUT2D eigenvalue weighted by Crippen LogP contribution is 2.53. The van der Waals surface area contributed by atoms with E-state index in [2.05, 4.69) is 91.9 Å². The SMILES string of the molecule is CC(C)c1ccc(C(O)c2c(C3CCCC3)nc3c(c2C2=CCCC2)[C@@H](O[Si](C)(C)C(C)(C)C)CC(C)(C)C3)cc1. The van der Waals surface area contributed by atoms with Crippen molar-refractivity contribution in [2.75, 3.05) is 0 Å². The Labute approximate surface area is 251 Å². The van der Waals surface area contributed by atoms with Crippen LogP contribution in [0.1, 0.15) is 163 Å². The summed E-state index contributed by atoms with van der Waals surface area (Å²) in [6.45, 7) is 21.0. The molecule has 1 N–H and O–H groups in total. The van der Waals surface area contributed by atoms with Crippen LogP contribution in [0.15, 0.2) is 30.3 Å². The number of hydrogen-bond donors (Lipinski definition) is 1. The van der Waals surface area contributed by atoms with E-state index < -0.39 is 14.4 Å². The van der Waals surface area contributed by atoms with Gasteiger partial charge in [0.25, 0.3) is 0 Å². The summed E-state index contributed by atoms with van der Waals surface area (Å²) in [6, 6.07) is 8.70. The topological polar surface area (TPSA) is 42.4 Å². The van der Waals surface area contributed by atoms with Crippen molar-refractivity contribution in [2.45, 2.75) is 148 Å². The lowest BCUT2D eigenvalue weighted by atomic mass is 9.71. The first kappa shape index (κ1) is 30.7. The minimum atomic E-state index is -2.06. The third-order valence-corrected chi connectivity index (χ3v) is 15.1. The highest BCUT2D eigenvalue weighted by Gasteiger charge is 2.45. The fourth-order valence-electron chi connectivity index (χ4n) is 7.19. The molecule has 3 aliphatic rings. The van der Waals surface area contributed by atoms with Gasteiger partial charge >= 0.3 is 0 Å². The van der Waals surface area contributed by atoms with Gasteiger partial charge in [-0.05, 0) is 96.7 Å². The molecule has 224 valence electrons. The predicted octanol–water partition coefficient (Wildman–Crippen LogP) is 10.5. The van der Waals surface area contributed by atoms with E-state index in [-0.39, 0.29) is 16.6 Å². The molecule has 0 spiro atoms. The van der Waals surface area contributed by atoms with Crippen LogP contribution in [0.2, 0.25) is 18.1 Å². The molecule has 0 radical (unpaired) electrons. The van der Waals surface area contributed by atoms with Gasteiger partial charge in [-0.25, -0.2) is 0 Å². The summed E-state index contributed by atoms with van der Waals surface area (Å²) in [7, 11) is -2.06. The summed E-state index contributed by atoms with van der Waals surface area (Å²) < 4.78 is 7.34. The van der Waals surface area contributed by atoms with Gasteiger partial charge in [0.1, 0.15) is 6.10 Å². The summed E-state index contributed by atoms with van der Waals surface area (Å²) in [5.41, 5.74) is 9.93. The molecular formula is C37H55NO2Si. The first-order chi connectivity index (χ1) is 19.2. The van der Waals surface area contributed by atoms with Crippen molar-refractivity contribution in [3.05, 3.63) is 69.5 Å². The first-order valence-corrected chi connectivity index (χ1v) is 19.3. The Morgan fingerprint density at radius 3 is 2.20 bits per heavy atom. The monoisotopic (exact) mass is 573 g/mol. The van der Waals surface area contributed by atoms with Gasteiger partial charge in [0.2, 0.25) is 0 Å². The molecule has 1 fully saturated rings. The number of aliphatic hydroxyl groups is 1. The maximum Gasteiger partial charge on any atom is 0.192 e. The molecule has 4 heteroatoms. The van der Waals surface area contributed by atoms with Crippen LogP contribution in [-0.2, 0) is 10.8 Å². The number of nitrogens with zero attached hydrogens (tertiary/aromatic N) is 1. The molecule has 0 amide bonds. The molecule has 1 aromatic heterocycles. The Morgan fingerprint density at radius 1 is 1.00 bits per heavy atom. The van der Waals surface area contributed by atoms with E-state index in [0.29, 0.717) is 11.8 Å². The fraction of sp³-hybridized carbons (Fsp3) is 0.649. The van der Waals surface area contributed by atoms with Gasteiger partial charge in [-0.3, -0.25) is 4.98 Å². The minimum Gasteiger partial charge on any atom is -0.410 e. The Bertz CT molecular complexity index is 1280. The number of allylic oxidation sites excluding steroid dienone is 2. The van der Waals surface area contributed by atoms with Crippen molar-refractivity contribution < 1.29 is 9.53 Å². The molecule has 1 unspecified atom stereocenters. The van der Waals surface area contributed by atoms with Crippen molar-refractivity contribution in [1.82, 2.24) is 4.98 Å². The van der Waals surface area contributed by atoms with Crippen molar-refractivity contribution >= 4 is 13.9 Å². The van der Waals surface area contributed by atoms with E-state index in [1.54, 1.807) is 0 Å². The molecule has 2 atom stereocenters. The molecule has 1 saturated carbocycles. The third kappa shape index (κ3) is 6.17. The maximum atomic E-state index is 12.4. The molecule has 5 rings (SSSR count). The van der Waals surface area contributed by atoms with E-state index in [0.717, 1.165) is 36.8 Å². The van der Waals surface area contributed by atoms with E-state index >= 15 is 0 Å². The number of rotatable bonds is 7. The summed E-state index contributed by atoms with van der Waals surface area (Å²) >= 11 is 0. The molecule has 0 bridgehead atoms. The third-order valence-electron chi connectivity index (χ3n) is 10.6. The first-order valence-electron chi connectivity index (χ1n) is 16.4. The van der Waals surface area contributed by atoms with E-state index in [4.69, 9.17) is 9.41 Å². The lowest BCUT2D eigenvalue weighted by Crippen LogP contribution is -2.44. The van der Waals surface area contributed by atoms with Gasteiger partial charge in [0.15, 0.2) is 8.32 Å². The second-order valence-electron chi connectivity index (χ2n) is 15.9. The Morgan fingerprint density at radius 2 is 1.63 bits per heavy atom. The van der Waals surface area contributed by atoms with Crippen molar-refractivity contribution in [2.24, 2.45) is 5.41 Å². The number of benzene rings is 1. The van der Waals surface area contributed by atoms with Crippen molar-refractivity contribution in [3.8, 4) is 0 Å². The van der Waals surface area contributed by atoms with Crippen LogP contribution in [-0.4, -0.2) is 18.4 Å². The van der Waals surface area contributed by atoms with Crippen LogP contribution >= 0.6 is 0 Å². The zero-order valence-corrected chi connectivity index (χ0v) is 28.4. The predicted molar refractivity (Wildman–Crippen MR) is 175 cm³/mol. The molecule has 3 aliphatic carbocycles. The van der Waals surface area contributed by atoms with E-state index in [9.17, 15) is 5.11 Å². The number of aromatic nitrogens is 1. The molecule has 1 aromatic carbocycles. The molecule has 0 aliphatic heterocycles. The smallest absolute Gasteiger partial charge is 0.192 e. The lowest BCUT2D eigenvalue weighted by Gasteiger charge is -2.45. The zero-order valence-electron chi connectivity index (χ0n) is 27.4. The molecule has 2 aromatic rings. The second kappa shape index (κ2) is 11.4. The van der Waals surface area contributed by atoms with Gasteiger partial charge in [-0.1, -0.05) is 91.6 Å². The average Bonchev–Trinajstić information content (AvgIpc) is 3.60. The Hall–Kier alpha value is -1.75.